The molecular weight excluding hydrogens is 2680 g/mol. The second kappa shape index (κ2) is 81.9. The van der Waals surface area contributed by atoms with E-state index in [9.17, 15) is 0 Å². The van der Waals surface area contributed by atoms with Crippen molar-refractivity contribution in [1.29, 1.82) is 0 Å². The molecule has 43 heavy (non-hydrogen) atoms. The van der Waals surface area contributed by atoms with Crippen LogP contribution in [0.2, 0.25) is 0 Å². The minimum absolute atomic E-state index is 0. The standard InChI is InChI=1S/Bi.Nb.30O.Sr.10Ta/q+3;+5;;;;;;;;;;;;;;;;;;;;;10*-1;+2;;;;;;;;;;. The fraction of sp³-hybridized carbons (Fsp3) is 0. The molecule has 0 aromatic heterocycles. The fourth-order valence-electron chi connectivity index (χ4n) is 0. The largest absolute Gasteiger partial charge is 2.00 e. The first-order valence-corrected chi connectivity index (χ1v) is 44.8. The summed E-state index contributed by atoms with van der Waals surface area (Å²) in [5, 5.41) is 0. The smallest absolute Gasteiger partial charge is 2.00 e. The zero-order valence-corrected chi connectivity index (χ0v) is 59.6. The Morgan fingerprint density at radius 2 is 0.209 bits per heavy atom. The molecule has 0 aliphatic carbocycles. The zero-order valence-electron chi connectivity index (χ0n) is 18.3. The van der Waals surface area contributed by atoms with Crippen LogP contribution in [0.25, 0.3) is 0 Å². The van der Waals surface area contributed by atoms with Gasteiger partial charge in [-0.1, -0.05) is 0 Å². The normalized spacial score (nSPS) is 5.81. The average molecular weight is 2680 g/mol. The van der Waals surface area contributed by atoms with Crippen molar-refractivity contribution in [3.05, 3.63) is 0 Å². The maximum absolute atomic E-state index is 8.62. The molecule has 0 unspecified atom stereocenters. The molecule has 0 fully saturated rings. The van der Waals surface area contributed by atoms with Crippen LogP contribution < -0.4 is 36.1 Å². The summed E-state index contributed by atoms with van der Waals surface area (Å²) in [4.78, 5) is 0. The van der Waals surface area contributed by atoms with E-state index in [2.05, 4.69) is 0 Å². The van der Waals surface area contributed by atoms with E-state index in [-0.39, 0.29) is 94.1 Å². The topological polar surface area (TPSA) is 572 Å². The molecule has 0 rings (SSSR count). The predicted octanol–water partition coefficient (Wildman–Crippen LogP) is -15.1. The minimum atomic E-state index is -4.34. The molecule has 0 aromatic rings. The van der Waals surface area contributed by atoms with Crippen molar-refractivity contribution < 1.29 is 311 Å². The molecule has 0 saturated carbocycles. The van der Waals surface area contributed by atoms with Crippen molar-refractivity contribution >= 4 is 71.7 Å². The van der Waals surface area contributed by atoms with Gasteiger partial charge in [0.05, 0.1) is 0 Å². The van der Waals surface area contributed by atoms with E-state index in [0.717, 1.165) is 0 Å². The molecule has 0 heterocycles. The van der Waals surface area contributed by atoms with Crippen LogP contribution in [0.4, 0.5) is 0 Å². The SMILES string of the molecule is [Bi+3].[Nb+5].[O]=[Ta](=[O])[O-].[O]=[Ta](=[O])[O-].[O]=[Ta](=[O])[O-].[O]=[Ta](=[O])[O-].[O]=[Ta](=[O])[O-].[O]=[Ta](=[O])[O-].[O]=[Ta](=[O])[O-].[O]=[Ta](=[O])[O-].[O]=[Ta](=[O])[O-].[O]=[Ta](=[O])[O-].[Sr+2]. The molecule has 2 radical (unpaired) electrons. The Hall–Kier alpha value is 6.11. The van der Waals surface area contributed by atoms with E-state index in [0.29, 0.717) is 0 Å². The predicted molar refractivity (Wildman–Crippen MR) is 25.2 cm³/mol. The quantitative estimate of drug-likeness (QED) is 0.203. The number of hydrogen-bond acceptors (Lipinski definition) is 30. The van der Waals surface area contributed by atoms with Gasteiger partial charge in [0.2, 0.25) is 0 Å². The van der Waals surface area contributed by atoms with Crippen LogP contribution in [0.5, 0.6) is 0 Å². The Bertz CT molecular complexity index is 869. The van der Waals surface area contributed by atoms with Gasteiger partial charge >= 0.3 is 383 Å². The Morgan fingerprint density at radius 1 is 0.209 bits per heavy atom. The van der Waals surface area contributed by atoms with Gasteiger partial charge in [-0.15, -0.1) is 0 Å². The van der Waals surface area contributed by atoms with Crippen molar-refractivity contribution in [2.75, 3.05) is 0 Å². The van der Waals surface area contributed by atoms with Gasteiger partial charge in [-0.05, 0) is 0 Å². The molecule has 0 atom stereocenters. The third kappa shape index (κ3) is 2740. The van der Waals surface area contributed by atoms with Crippen molar-refractivity contribution in [2.45, 2.75) is 0 Å². The zero-order chi connectivity index (χ0) is 35.8. The van der Waals surface area contributed by atoms with Gasteiger partial charge in [0.15, 0.2) is 0 Å². The number of rotatable bonds is 0. The third-order valence-corrected chi connectivity index (χ3v) is 0. The summed E-state index contributed by atoms with van der Waals surface area (Å²) < 4.78 is 259. The first-order valence-electron chi connectivity index (χ1n) is 5.48. The van der Waals surface area contributed by atoms with Gasteiger partial charge < -0.3 is 0 Å². The Labute approximate surface area is 373 Å². The van der Waals surface area contributed by atoms with Crippen LogP contribution in [0.1, 0.15) is 0 Å². The summed E-state index contributed by atoms with van der Waals surface area (Å²) in [6.07, 6.45) is 0. The van der Waals surface area contributed by atoms with Crippen molar-refractivity contribution in [3.63, 3.8) is 0 Å². The monoisotopic (exact) mass is 2680 g/mol. The summed E-state index contributed by atoms with van der Waals surface area (Å²) in [6, 6.07) is 0. The fourth-order valence-corrected chi connectivity index (χ4v) is 0. The molecule has 43 heteroatoms. The second-order valence-electron chi connectivity index (χ2n) is 2.24. The van der Waals surface area contributed by atoms with E-state index < -0.39 is 188 Å². The van der Waals surface area contributed by atoms with E-state index in [4.69, 9.17) is 101 Å². The summed E-state index contributed by atoms with van der Waals surface area (Å²) in [5.41, 5.74) is 0. The first kappa shape index (κ1) is 87.2. The van der Waals surface area contributed by atoms with E-state index in [1.165, 1.54) is 0 Å². The number of hydrogen-bond donors (Lipinski definition) is 0. The van der Waals surface area contributed by atoms with Crippen molar-refractivity contribution in [1.82, 2.24) is 0 Å². The summed E-state index contributed by atoms with van der Waals surface area (Å²) >= 11 is -43.4. The first-order chi connectivity index (χ1) is 17.3. The van der Waals surface area contributed by atoms with Gasteiger partial charge in [0.25, 0.3) is 0 Å². The minimum Gasteiger partial charge on any atom is 2.00 e. The van der Waals surface area contributed by atoms with Crippen LogP contribution in [0.3, 0.4) is 0 Å². The second-order valence-corrected chi connectivity index (χ2v) is 18.3. The summed E-state index contributed by atoms with van der Waals surface area (Å²) in [5.74, 6) is 0. The molecule has 0 spiro atoms. The summed E-state index contributed by atoms with van der Waals surface area (Å²) in [7, 11) is 0. The Balaban J connectivity index is -0.0000000210. The van der Waals surface area contributed by atoms with E-state index >= 15 is 0 Å². The molecule has 0 aliphatic heterocycles. The molecule has 30 nitrogen and oxygen atoms in total. The molecule has 0 amide bonds. The average Bonchev–Trinajstić information content (AvgIpc) is 2.47. The molecule has 0 saturated heterocycles. The molecule has 0 bridgehead atoms. The van der Waals surface area contributed by atoms with E-state index in [1.54, 1.807) is 0 Å². The van der Waals surface area contributed by atoms with Gasteiger partial charge in [-0.2, -0.15) is 0 Å². The van der Waals surface area contributed by atoms with Gasteiger partial charge in [-0.25, -0.2) is 0 Å². The van der Waals surface area contributed by atoms with Gasteiger partial charge in [-0.3, -0.25) is 0 Å². The molecular formula is BiNbO30SrTa10. The molecule has 0 N–H and O–H groups in total. The van der Waals surface area contributed by atoms with Crippen molar-refractivity contribution in [2.24, 2.45) is 0 Å². The van der Waals surface area contributed by atoms with Gasteiger partial charge in [0, 0.05) is 0 Å². The maximum Gasteiger partial charge on any atom is 2.00 e. The Kier molecular flexibility index (Phi) is 166. The van der Waals surface area contributed by atoms with Crippen LogP contribution in [0, 0.1) is 0 Å². The van der Waals surface area contributed by atoms with Crippen molar-refractivity contribution in [3.8, 4) is 0 Å². The van der Waals surface area contributed by atoms with Crippen LogP contribution in [-0.2, 0) is 275 Å². The van der Waals surface area contributed by atoms with Crippen LogP contribution >= 0.6 is 0 Å². The molecule has 0 aromatic carbocycles. The van der Waals surface area contributed by atoms with Crippen LogP contribution in [-0.4, -0.2) is 71.7 Å². The maximum atomic E-state index is 8.62. The van der Waals surface area contributed by atoms with Gasteiger partial charge in [0.1, 0.15) is 0 Å². The van der Waals surface area contributed by atoms with E-state index in [1.807, 2.05) is 0 Å². The summed E-state index contributed by atoms with van der Waals surface area (Å²) in [6.45, 7) is 0. The molecule has 242 valence electrons. The Morgan fingerprint density at radius 3 is 0.209 bits per heavy atom. The van der Waals surface area contributed by atoms with Crippen LogP contribution in [0.15, 0.2) is 0 Å². The third-order valence-electron chi connectivity index (χ3n) is 0. The molecule has 0 aliphatic rings.